The molecule has 0 saturated heterocycles. The van der Waals surface area contributed by atoms with Crippen LogP contribution in [0.4, 0.5) is 0 Å². The van der Waals surface area contributed by atoms with Gasteiger partial charge < -0.3 is 4.74 Å². The molecule has 1 fully saturated rings. The van der Waals surface area contributed by atoms with Crippen molar-refractivity contribution in [3.8, 4) is 5.88 Å². The zero-order valence-corrected chi connectivity index (χ0v) is 13.4. The second-order valence-corrected chi connectivity index (χ2v) is 6.12. The molecule has 0 N–H and O–H groups in total. The van der Waals surface area contributed by atoms with E-state index in [1.807, 2.05) is 6.07 Å². The zero-order chi connectivity index (χ0) is 13.7. The van der Waals surface area contributed by atoms with Crippen LogP contribution in [0.2, 0.25) is 0 Å². The van der Waals surface area contributed by atoms with Crippen LogP contribution in [0.3, 0.4) is 0 Å². The highest BCUT2D eigenvalue weighted by Crippen LogP contribution is 2.30. The van der Waals surface area contributed by atoms with Gasteiger partial charge in [0, 0.05) is 12.5 Å². The third-order valence-corrected chi connectivity index (χ3v) is 4.23. The van der Waals surface area contributed by atoms with Gasteiger partial charge >= 0.3 is 0 Å². The maximum absolute atomic E-state index is 6.15. The molecule has 1 aliphatic rings. The molecule has 0 radical (unpaired) electrons. The lowest BCUT2D eigenvalue weighted by molar-refractivity contribution is 0.0853. The fourth-order valence-corrected chi connectivity index (χ4v) is 3.19. The second kappa shape index (κ2) is 7.22. The van der Waals surface area contributed by atoms with E-state index in [4.69, 9.17) is 4.74 Å². The molecule has 1 saturated carbocycles. The molecule has 0 amide bonds. The van der Waals surface area contributed by atoms with Gasteiger partial charge in [0.05, 0.1) is 0 Å². The summed E-state index contributed by atoms with van der Waals surface area (Å²) in [5.74, 6) is 2.28. The van der Waals surface area contributed by atoms with E-state index in [9.17, 15) is 0 Å². The van der Waals surface area contributed by atoms with Crippen molar-refractivity contribution >= 4 is 15.9 Å². The predicted molar refractivity (Wildman–Crippen MR) is 80.4 cm³/mol. The molecule has 2 unspecified atom stereocenters. The summed E-state index contributed by atoms with van der Waals surface area (Å²) in [5, 5.41) is 0. The van der Waals surface area contributed by atoms with Gasteiger partial charge in [-0.1, -0.05) is 20.3 Å². The van der Waals surface area contributed by atoms with Crippen LogP contribution in [-0.4, -0.2) is 16.1 Å². The molecule has 4 heteroatoms. The van der Waals surface area contributed by atoms with E-state index in [1.54, 1.807) is 0 Å². The molecule has 3 nitrogen and oxygen atoms in total. The van der Waals surface area contributed by atoms with Gasteiger partial charge in [0.2, 0.25) is 5.88 Å². The lowest BCUT2D eigenvalue weighted by Gasteiger charge is -2.30. The van der Waals surface area contributed by atoms with Crippen LogP contribution in [0.5, 0.6) is 5.88 Å². The first-order valence-electron chi connectivity index (χ1n) is 7.43. The minimum atomic E-state index is 0.329. The minimum absolute atomic E-state index is 0.329. The van der Waals surface area contributed by atoms with E-state index < -0.39 is 0 Å². The first kappa shape index (κ1) is 14.8. The highest BCUT2D eigenvalue weighted by molar-refractivity contribution is 9.10. The van der Waals surface area contributed by atoms with Gasteiger partial charge in [0.25, 0.3) is 0 Å². The van der Waals surface area contributed by atoms with Gasteiger partial charge in [-0.3, -0.25) is 0 Å². The van der Waals surface area contributed by atoms with Crippen molar-refractivity contribution in [2.24, 2.45) is 5.92 Å². The average molecular weight is 327 g/mol. The van der Waals surface area contributed by atoms with Crippen LogP contribution < -0.4 is 4.74 Å². The van der Waals surface area contributed by atoms with Crippen molar-refractivity contribution in [2.75, 3.05) is 0 Å². The summed E-state index contributed by atoms with van der Waals surface area (Å²) < 4.78 is 6.97. The van der Waals surface area contributed by atoms with Crippen molar-refractivity contribution in [2.45, 2.75) is 64.9 Å². The highest BCUT2D eigenvalue weighted by Gasteiger charge is 2.25. The Morgan fingerprint density at radius 2 is 2.05 bits per heavy atom. The highest BCUT2D eigenvalue weighted by atomic mass is 79.9. The number of nitrogens with zero attached hydrogens (tertiary/aromatic N) is 2. The van der Waals surface area contributed by atoms with Crippen LogP contribution in [0.15, 0.2) is 10.7 Å². The van der Waals surface area contributed by atoms with Gasteiger partial charge in [0.15, 0.2) is 0 Å². The largest absolute Gasteiger partial charge is 0.474 e. The Labute approximate surface area is 124 Å². The van der Waals surface area contributed by atoms with Crippen LogP contribution in [-0.2, 0) is 6.42 Å². The summed E-state index contributed by atoms with van der Waals surface area (Å²) in [6.07, 6.45) is 8.53. The van der Waals surface area contributed by atoms with Gasteiger partial charge in [0.1, 0.15) is 16.5 Å². The second-order valence-electron chi connectivity index (χ2n) is 5.30. The molecule has 0 aromatic carbocycles. The molecule has 106 valence electrons. The van der Waals surface area contributed by atoms with Gasteiger partial charge in [-0.2, -0.15) is 4.98 Å². The van der Waals surface area contributed by atoms with E-state index in [-0.39, 0.29) is 0 Å². The molecule has 0 bridgehead atoms. The fraction of sp³-hybridized carbons (Fsp3) is 0.733. The number of hydrogen-bond donors (Lipinski definition) is 0. The Morgan fingerprint density at radius 3 is 2.79 bits per heavy atom. The van der Waals surface area contributed by atoms with Gasteiger partial charge in [-0.05, 0) is 54.0 Å². The van der Waals surface area contributed by atoms with E-state index in [0.29, 0.717) is 12.0 Å². The van der Waals surface area contributed by atoms with Crippen LogP contribution in [0.1, 0.15) is 58.2 Å². The standard InChI is InChI=1S/C15H23BrN2O/c1-3-7-14-17-13(16)10-15(18-14)19-12-9-6-5-8-11(12)4-2/h10-12H,3-9H2,1-2H3. The molecule has 0 spiro atoms. The SMILES string of the molecule is CCCc1nc(Br)cc(OC2CCCCC2CC)n1. The van der Waals surface area contributed by atoms with E-state index in [1.165, 1.54) is 25.7 Å². The Morgan fingerprint density at radius 1 is 1.26 bits per heavy atom. The van der Waals surface area contributed by atoms with Crippen LogP contribution in [0, 0.1) is 5.92 Å². The molecule has 1 aliphatic carbocycles. The molecule has 1 heterocycles. The molecule has 1 aromatic heterocycles. The third-order valence-electron chi connectivity index (χ3n) is 3.83. The predicted octanol–water partition coefficient (Wildman–Crippen LogP) is 4.54. The monoisotopic (exact) mass is 326 g/mol. The molecule has 0 aliphatic heterocycles. The normalized spacial score (nSPS) is 23.3. The number of hydrogen-bond acceptors (Lipinski definition) is 3. The summed E-state index contributed by atoms with van der Waals surface area (Å²) in [5.41, 5.74) is 0. The van der Waals surface area contributed by atoms with Crippen molar-refractivity contribution in [3.63, 3.8) is 0 Å². The fourth-order valence-electron chi connectivity index (χ4n) is 2.79. The minimum Gasteiger partial charge on any atom is -0.474 e. The molecule has 19 heavy (non-hydrogen) atoms. The first-order valence-corrected chi connectivity index (χ1v) is 8.22. The summed E-state index contributed by atoms with van der Waals surface area (Å²) in [6.45, 7) is 4.39. The zero-order valence-electron chi connectivity index (χ0n) is 11.9. The van der Waals surface area contributed by atoms with Crippen molar-refractivity contribution in [3.05, 3.63) is 16.5 Å². The van der Waals surface area contributed by atoms with E-state index in [0.717, 1.165) is 35.6 Å². The number of rotatable bonds is 5. The number of halogens is 1. The lowest BCUT2D eigenvalue weighted by atomic mass is 9.85. The Balaban J connectivity index is 2.08. The number of aryl methyl sites for hydroxylation is 1. The van der Waals surface area contributed by atoms with Gasteiger partial charge in [-0.25, -0.2) is 4.98 Å². The van der Waals surface area contributed by atoms with Crippen molar-refractivity contribution in [1.82, 2.24) is 9.97 Å². The quantitative estimate of drug-likeness (QED) is 0.745. The maximum Gasteiger partial charge on any atom is 0.218 e. The van der Waals surface area contributed by atoms with Crippen molar-refractivity contribution in [1.29, 1.82) is 0 Å². The van der Waals surface area contributed by atoms with E-state index in [2.05, 4.69) is 39.7 Å². The molecule has 2 atom stereocenters. The topological polar surface area (TPSA) is 35.0 Å². The first-order chi connectivity index (χ1) is 9.22. The number of ether oxygens (including phenoxy) is 1. The summed E-state index contributed by atoms with van der Waals surface area (Å²) >= 11 is 3.45. The smallest absolute Gasteiger partial charge is 0.218 e. The maximum atomic E-state index is 6.15. The van der Waals surface area contributed by atoms with Crippen molar-refractivity contribution < 1.29 is 4.74 Å². The summed E-state index contributed by atoms with van der Waals surface area (Å²) in [4.78, 5) is 8.90. The third kappa shape index (κ3) is 4.16. The Bertz CT molecular complexity index is 411. The molecular formula is C15H23BrN2O. The Kier molecular flexibility index (Phi) is 5.61. The average Bonchev–Trinajstić information content (AvgIpc) is 2.39. The molecule has 1 aromatic rings. The van der Waals surface area contributed by atoms with E-state index >= 15 is 0 Å². The summed E-state index contributed by atoms with van der Waals surface area (Å²) in [7, 11) is 0. The van der Waals surface area contributed by atoms with Gasteiger partial charge in [-0.15, -0.1) is 0 Å². The Hall–Kier alpha value is -0.640. The van der Waals surface area contributed by atoms with Crippen LogP contribution in [0.25, 0.3) is 0 Å². The molecule has 2 rings (SSSR count). The molecular weight excluding hydrogens is 304 g/mol. The summed E-state index contributed by atoms with van der Waals surface area (Å²) in [6, 6.07) is 1.89. The number of aromatic nitrogens is 2. The lowest BCUT2D eigenvalue weighted by Crippen LogP contribution is -2.30. The van der Waals surface area contributed by atoms with Crippen LogP contribution >= 0.6 is 15.9 Å².